The van der Waals surface area contributed by atoms with Gasteiger partial charge in [0, 0.05) is 29.4 Å². The Bertz CT molecular complexity index is 1160. The van der Waals surface area contributed by atoms with E-state index in [-0.39, 0.29) is 0 Å². The molecule has 1 amide bonds. The third-order valence-corrected chi connectivity index (χ3v) is 4.71. The Hall–Kier alpha value is -3.86. The van der Waals surface area contributed by atoms with Crippen molar-refractivity contribution in [1.82, 2.24) is 10.2 Å². The monoisotopic (exact) mass is 368 g/mol. The number of fused-ring (bicyclic) bond motifs is 1. The number of nitrogens with one attached hydrogen (secondary N) is 1. The molecule has 1 heterocycles. The first-order valence-corrected chi connectivity index (χ1v) is 8.97. The van der Waals surface area contributed by atoms with Gasteiger partial charge in [-0.15, -0.1) is 0 Å². The summed E-state index contributed by atoms with van der Waals surface area (Å²) in [6, 6.07) is 23.5. The van der Waals surface area contributed by atoms with Gasteiger partial charge in [-0.1, -0.05) is 42.5 Å². The number of nitrogens with two attached hydrogens (primary N) is 1. The molecule has 3 aromatic carbocycles. The molecule has 0 aliphatic carbocycles. The average Bonchev–Trinajstić information content (AvgIpc) is 3.14. The summed E-state index contributed by atoms with van der Waals surface area (Å²) in [5, 5.41) is 8.58. The molecule has 0 saturated carbocycles. The zero-order valence-electron chi connectivity index (χ0n) is 15.5. The maximum atomic E-state index is 11.4. The molecular weight excluding hydrogens is 348 g/mol. The van der Waals surface area contributed by atoms with Crippen LogP contribution in [0.25, 0.3) is 23.1 Å². The van der Waals surface area contributed by atoms with E-state index in [1.807, 2.05) is 72.6 Å². The van der Waals surface area contributed by atoms with Crippen LogP contribution in [0.3, 0.4) is 0 Å². The standard InChI is InChI=1S/C23H20N4O/c1-27(18-9-5-8-17(14-18)23(24)28)19-11-12-20-21(25-26-22(20)15-19)13-10-16-6-3-2-4-7-16/h2-15H,1H3,(H2,24,28)(H,25,26). The lowest BCUT2D eigenvalue weighted by Crippen LogP contribution is -2.13. The van der Waals surface area contributed by atoms with Gasteiger partial charge in [-0.25, -0.2) is 0 Å². The maximum absolute atomic E-state index is 11.4. The smallest absolute Gasteiger partial charge is 0.248 e. The normalized spacial score (nSPS) is 11.2. The summed E-state index contributed by atoms with van der Waals surface area (Å²) in [4.78, 5) is 13.4. The summed E-state index contributed by atoms with van der Waals surface area (Å²) in [7, 11) is 1.95. The third-order valence-electron chi connectivity index (χ3n) is 4.71. The van der Waals surface area contributed by atoms with Gasteiger partial charge in [0.1, 0.15) is 0 Å². The zero-order valence-corrected chi connectivity index (χ0v) is 15.5. The second kappa shape index (κ2) is 7.40. The van der Waals surface area contributed by atoms with Gasteiger partial charge in [0.25, 0.3) is 0 Å². The zero-order chi connectivity index (χ0) is 19.5. The van der Waals surface area contributed by atoms with E-state index >= 15 is 0 Å². The summed E-state index contributed by atoms with van der Waals surface area (Å²) in [6.45, 7) is 0. The fourth-order valence-corrected chi connectivity index (χ4v) is 3.12. The van der Waals surface area contributed by atoms with Crippen LogP contribution in [-0.2, 0) is 0 Å². The summed E-state index contributed by atoms with van der Waals surface area (Å²) in [6.07, 6.45) is 4.05. The van der Waals surface area contributed by atoms with Gasteiger partial charge in [0.2, 0.25) is 5.91 Å². The number of H-pyrrole nitrogens is 1. The van der Waals surface area contributed by atoms with Crippen LogP contribution < -0.4 is 10.6 Å². The highest BCUT2D eigenvalue weighted by atomic mass is 16.1. The number of anilines is 2. The molecular formula is C23H20N4O. The fraction of sp³-hybridized carbons (Fsp3) is 0.0435. The van der Waals surface area contributed by atoms with Crippen molar-refractivity contribution in [3.63, 3.8) is 0 Å². The molecule has 0 aliphatic rings. The topological polar surface area (TPSA) is 75.0 Å². The van der Waals surface area contributed by atoms with E-state index in [2.05, 4.69) is 22.3 Å². The second-order valence-corrected chi connectivity index (χ2v) is 6.56. The molecule has 0 unspecified atom stereocenters. The number of carbonyl (C=O) groups is 1. The Kier molecular flexibility index (Phi) is 4.64. The molecule has 3 N–H and O–H groups in total. The van der Waals surface area contributed by atoms with Crippen LogP contribution in [0.4, 0.5) is 11.4 Å². The Morgan fingerprint density at radius 3 is 2.54 bits per heavy atom. The first-order valence-electron chi connectivity index (χ1n) is 8.97. The van der Waals surface area contributed by atoms with Crippen molar-refractivity contribution in [3.8, 4) is 0 Å². The molecule has 4 rings (SSSR count). The summed E-state index contributed by atoms with van der Waals surface area (Å²) in [5.41, 5.74) is 10.7. The molecule has 5 nitrogen and oxygen atoms in total. The highest BCUT2D eigenvalue weighted by Crippen LogP contribution is 2.28. The Morgan fingerprint density at radius 1 is 0.964 bits per heavy atom. The average molecular weight is 368 g/mol. The summed E-state index contributed by atoms with van der Waals surface area (Å²) >= 11 is 0. The lowest BCUT2D eigenvalue weighted by molar-refractivity contribution is 0.100. The van der Waals surface area contributed by atoms with Crippen molar-refractivity contribution in [3.05, 3.63) is 89.6 Å². The highest BCUT2D eigenvalue weighted by Gasteiger charge is 2.10. The number of rotatable bonds is 5. The largest absolute Gasteiger partial charge is 0.366 e. The lowest BCUT2D eigenvalue weighted by Gasteiger charge is -2.20. The quantitative estimate of drug-likeness (QED) is 0.540. The minimum absolute atomic E-state index is 0.436. The first kappa shape index (κ1) is 17.5. The SMILES string of the molecule is CN(c1cccc(C(N)=O)c1)c1ccc2c(C=Cc3ccccc3)n[nH]c2c1. The van der Waals surface area contributed by atoms with Crippen molar-refractivity contribution in [2.24, 2.45) is 5.73 Å². The number of aromatic amines is 1. The first-order chi connectivity index (χ1) is 13.6. The molecule has 0 atom stereocenters. The van der Waals surface area contributed by atoms with Crippen LogP contribution in [0.2, 0.25) is 0 Å². The fourth-order valence-electron chi connectivity index (χ4n) is 3.12. The van der Waals surface area contributed by atoms with E-state index in [4.69, 9.17) is 5.73 Å². The molecule has 0 spiro atoms. The lowest BCUT2D eigenvalue weighted by atomic mass is 10.1. The Labute approximate surface area is 163 Å². The van der Waals surface area contributed by atoms with Crippen LogP contribution in [0.15, 0.2) is 72.8 Å². The number of nitrogens with zero attached hydrogens (tertiary/aromatic N) is 2. The van der Waals surface area contributed by atoms with Crippen molar-refractivity contribution < 1.29 is 4.79 Å². The number of benzene rings is 3. The van der Waals surface area contributed by atoms with Gasteiger partial charge >= 0.3 is 0 Å². The molecule has 0 fully saturated rings. The number of aromatic nitrogens is 2. The molecule has 0 aliphatic heterocycles. The second-order valence-electron chi connectivity index (χ2n) is 6.56. The van der Waals surface area contributed by atoms with Crippen LogP contribution in [0.1, 0.15) is 21.6 Å². The molecule has 0 radical (unpaired) electrons. The highest BCUT2D eigenvalue weighted by molar-refractivity contribution is 5.94. The van der Waals surface area contributed by atoms with Crippen molar-refractivity contribution in [1.29, 1.82) is 0 Å². The van der Waals surface area contributed by atoms with E-state index in [1.54, 1.807) is 12.1 Å². The Morgan fingerprint density at radius 2 is 1.75 bits per heavy atom. The molecule has 138 valence electrons. The van der Waals surface area contributed by atoms with E-state index in [0.29, 0.717) is 5.56 Å². The van der Waals surface area contributed by atoms with Crippen molar-refractivity contribution >= 4 is 40.3 Å². The predicted octanol–water partition coefficient (Wildman–Crippen LogP) is 4.60. The van der Waals surface area contributed by atoms with Gasteiger partial charge in [-0.2, -0.15) is 5.10 Å². The van der Waals surface area contributed by atoms with Gasteiger partial charge in [0.15, 0.2) is 0 Å². The van der Waals surface area contributed by atoms with Gasteiger partial charge in [0.05, 0.1) is 11.2 Å². The summed E-state index contributed by atoms with van der Waals surface area (Å²) in [5.74, 6) is -0.436. The van der Waals surface area contributed by atoms with Crippen LogP contribution in [-0.4, -0.2) is 23.2 Å². The number of amides is 1. The predicted molar refractivity (Wildman–Crippen MR) is 114 cm³/mol. The molecule has 5 heteroatoms. The number of hydrogen-bond donors (Lipinski definition) is 2. The van der Waals surface area contributed by atoms with Gasteiger partial charge in [-0.05, 0) is 48.0 Å². The maximum Gasteiger partial charge on any atom is 0.248 e. The van der Waals surface area contributed by atoms with Gasteiger partial charge < -0.3 is 10.6 Å². The number of carbonyl (C=O) groups excluding carboxylic acids is 1. The minimum atomic E-state index is -0.436. The molecule has 4 aromatic rings. The van der Waals surface area contributed by atoms with E-state index in [1.165, 1.54) is 0 Å². The van der Waals surface area contributed by atoms with Crippen molar-refractivity contribution in [2.75, 3.05) is 11.9 Å². The summed E-state index contributed by atoms with van der Waals surface area (Å²) < 4.78 is 0. The van der Waals surface area contributed by atoms with E-state index in [9.17, 15) is 4.79 Å². The van der Waals surface area contributed by atoms with Crippen molar-refractivity contribution in [2.45, 2.75) is 0 Å². The number of hydrogen-bond acceptors (Lipinski definition) is 3. The third kappa shape index (κ3) is 3.50. The molecule has 1 aromatic heterocycles. The minimum Gasteiger partial charge on any atom is -0.366 e. The van der Waals surface area contributed by atoms with Crippen LogP contribution >= 0.6 is 0 Å². The van der Waals surface area contributed by atoms with Gasteiger partial charge in [-0.3, -0.25) is 9.89 Å². The molecule has 0 saturated heterocycles. The van der Waals surface area contributed by atoms with Crippen LogP contribution in [0, 0.1) is 0 Å². The molecule has 0 bridgehead atoms. The van der Waals surface area contributed by atoms with E-state index in [0.717, 1.165) is 33.5 Å². The van der Waals surface area contributed by atoms with Crippen LogP contribution in [0.5, 0.6) is 0 Å². The molecule has 28 heavy (non-hydrogen) atoms. The van der Waals surface area contributed by atoms with E-state index < -0.39 is 5.91 Å². The Balaban J connectivity index is 1.63. The number of primary amides is 1.